The maximum Gasteiger partial charge on any atom is 0.138 e. The van der Waals surface area contributed by atoms with Crippen LogP contribution in [0, 0.1) is 11.3 Å². The molecule has 2 atom stereocenters. The lowest BCUT2D eigenvalue weighted by Crippen LogP contribution is -2.54. The molecular formula is C14H19N3O. The minimum atomic E-state index is 0.443. The summed E-state index contributed by atoms with van der Waals surface area (Å²) in [5.41, 5.74) is 1.70. The number of piperazine rings is 1. The second-order valence-corrected chi connectivity index (χ2v) is 4.81. The highest BCUT2D eigenvalue weighted by Gasteiger charge is 2.23. The molecule has 1 N–H and O–H groups in total. The number of hydrogen-bond acceptors (Lipinski definition) is 4. The number of nitrogens with one attached hydrogen (secondary N) is 1. The number of benzene rings is 1. The van der Waals surface area contributed by atoms with Gasteiger partial charge >= 0.3 is 0 Å². The normalized spacial score (nSPS) is 23.6. The molecule has 96 valence electrons. The summed E-state index contributed by atoms with van der Waals surface area (Å²) in [4.78, 5) is 2.35. The molecule has 1 fully saturated rings. The summed E-state index contributed by atoms with van der Waals surface area (Å²) in [7, 11) is 1.60. The number of ether oxygens (including phenoxy) is 1. The zero-order valence-electron chi connectivity index (χ0n) is 11.1. The summed E-state index contributed by atoms with van der Waals surface area (Å²) in [5.74, 6) is 0.647. The van der Waals surface area contributed by atoms with Gasteiger partial charge in [0.25, 0.3) is 0 Å². The highest BCUT2D eigenvalue weighted by Crippen LogP contribution is 2.27. The first kappa shape index (κ1) is 12.7. The van der Waals surface area contributed by atoms with E-state index < -0.39 is 0 Å². The zero-order valence-corrected chi connectivity index (χ0v) is 11.1. The molecule has 1 aliphatic heterocycles. The van der Waals surface area contributed by atoms with Crippen LogP contribution in [0.2, 0.25) is 0 Å². The fourth-order valence-electron chi connectivity index (χ4n) is 2.33. The van der Waals surface area contributed by atoms with E-state index in [0.29, 0.717) is 23.4 Å². The van der Waals surface area contributed by atoms with E-state index in [1.54, 1.807) is 7.11 Å². The highest BCUT2D eigenvalue weighted by molar-refractivity contribution is 5.57. The summed E-state index contributed by atoms with van der Waals surface area (Å²) in [5, 5.41) is 12.4. The van der Waals surface area contributed by atoms with Gasteiger partial charge in [-0.3, -0.25) is 0 Å². The second-order valence-electron chi connectivity index (χ2n) is 4.81. The van der Waals surface area contributed by atoms with Crippen LogP contribution in [0.5, 0.6) is 5.75 Å². The van der Waals surface area contributed by atoms with Crippen LogP contribution in [0.4, 0.5) is 5.69 Å². The third-order valence-electron chi connectivity index (χ3n) is 3.40. The molecule has 2 rings (SSSR count). The average Bonchev–Trinajstić information content (AvgIpc) is 2.40. The third kappa shape index (κ3) is 2.41. The van der Waals surface area contributed by atoms with E-state index in [2.05, 4.69) is 30.1 Å². The Kier molecular flexibility index (Phi) is 3.73. The molecule has 1 aromatic carbocycles. The second kappa shape index (κ2) is 5.28. The Labute approximate surface area is 108 Å². The van der Waals surface area contributed by atoms with E-state index in [4.69, 9.17) is 10.00 Å². The van der Waals surface area contributed by atoms with Crippen LogP contribution >= 0.6 is 0 Å². The van der Waals surface area contributed by atoms with Crippen molar-refractivity contribution < 1.29 is 4.74 Å². The average molecular weight is 245 g/mol. The largest absolute Gasteiger partial charge is 0.495 e. The van der Waals surface area contributed by atoms with Gasteiger partial charge in [0.15, 0.2) is 0 Å². The fourth-order valence-corrected chi connectivity index (χ4v) is 2.33. The smallest absolute Gasteiger partial charge is 0.138 e. The van der Waals surface area contributed by atoms with Gasteiger partial charge in [0, 0.05) is 36.9 Å². The molecule has 1 aromatic rings. The summed E-state index contributed by atoms with van der Waals surface area (Å²) in [6, 6.07) is 8.83. The van der Waals surface area contributed by atoms with Crippen molar-refractivity contribution in [2.75, 3.05) is 25.1 Å². The van der Waals surface area contributed by atoms with Gasteiger partial charge in [-0.15, -0.1) is 0 Å². The molecule has 0 aromatic heterocycles. The van der Waals surface area contributed by atoms with Crippen LogP contribution in [-0.4, -0.2) is 32.3 Å². The topological polar surface area (TPSA) is 48.3 Å². The molecule has 0 aliphatic carbocycles. The van der Waals surface area contributed by atoms with Crippen molar-refractivity contribution in [1.29, 1.82) is 5.26 Å². The number of hydrogen-bond donors (Lipinski definition) is 1. The maximum atomic E-state index is 8.99. The van der Waals surface area contributed by atoms with Crippen LogP contribution in [0.3, 0.4) is 0 Å². The molecule has 1 heterocycles. The van der Waals surface area contributed by atoms with Gasteiger partial charge in [-0.1, -0.05) is 0 Å². The van der Waals surface area contributed by atoms with Gasteiger partial charge in [-0.2, -0.15) is 5.26 Å². The monoisotopic (exact) mass is 245 g/mol. The van der Waals surface area contributed by atoms with Gasteiger partial charge in [0.2, 0.25) is 0 Å². The van der Waals surface area contributed by atoms with Crippen molar-refractivity contribution in [1.82, 2.24) is 5.32 Å². The van der Waals surface area contributed by atoms with Gasteiger partial charge in [0.1, 0.15) is 11.8 Å². The Morgan fingerprint density at radius 3 is 2.89 bits per heavy atom. The molecule has 1 saturated heterocycles. The lowest BCUT2D eigenvalue weighted by molar-refractivity contribution is 0.409. The summed E-state index contributed by atoms with van der Waals surface area (Å²) < 4.78 is 5.26. The van der Waals surface area contributed by atoms with Gasteiger partial charge < -0.3 is 15.0 Å². The number of rotatable bonds is 2. The van der Waals surface area contributed by atoms with Crippen molar-refractivity contribution >= 4 is 5.69 Å². The van der Waals surface area contributed by atoms with E-state index in [-0.39, 0.29) is 0 Å². The number of nitriles is 1. The molecule has 2 unspecified atom stereocenters. The molecule has 4 nitrogen and oxygen atoms in total. The van der Waals surface area contributed by atoms with E-state index in [1.165, 1.54) is 0 Å². The van der Waals surface area contributed by atoms with Crippen molar-refractivity contribution in [3.63, 3.8) is 0 Å². The van der Waals surface area contributed by atoms with Crippen LogP contribution in [0.1, 0.15) is 19.4 Å². The molecule has 0 spiro atoms. The summed E-state index contributed by atoms with van der Waals surface area (Å²) in [6.07, 6.45) is 0. The maximum absolute atomic E-state index is 8.99. The first-order valence-corrected chi connectivity index (χ1v) is 6.24. The quantitative estimate of drug-likeness (QED) is 0.862. The zero-order chi connectivity index (χ0) is 13.1. The first-order chi connectivity index (χ1) is 8.65. The SMILES string of the molecule is COc1cc(N2CC(C)NCC2C)ccc1C#N. The molecule has 4 heteroatoms. The van der Waals surface area contributed by atoms with Crippen molar-refractivity contribution in [2.24, 2.45) is 0 Å². The third-order valence-corrected chi connectivity index (χ3v) is 3.40. The molecule has 0 bridgehead atoms. The molecule has 18 heavy (non-hydrogen) atoms. The molecule has 1 aliphatic rings. The Hall–Kier alpha value is -1.73. The number of nitrogens with zero attached hydrogens (tertiary/aromatic N) is 2. The summed E-state index contributed by atoms with van der Waals surface area (Å²) in [6.45, 7) is 6.32. The Balaban J connectivity index is 2.30. The molecule has 0 saturated carbocycles. The van der Waals surface area contributed by atoms with E-state index in [0.717, 1.165) is 18.8 Å². The Bertz CT molecular complexity index is 467. The Morgan fingerprint density at radius 2 is 2.22 bits per heavy atom. The predicted molar refractivity (Wildman–Crippen MR) is 72.0 cm³/mol. The van der Waals surface area contributed by atoms with Crippen LogP contribution in [-0.2, 0) is 0 Å². The molecule has 0 amide bonds. The minimum absolute atomic E-state index is 0.443. The minimum Gasteiger partial charge on any atom is -0.495 e. The van der Waals surface area contributed by atoms with Crippen molar-refractivity contribution in [3.8, 4) is 11.8 Å². The van der Waals surface area contributed by atoms with Gasteiger partial charge in [-0.25, -0.2) is 0 Å². The number of methoxy groups -OCH3 is 1. The number of anilines is 1. The van der Waals surface area contributed by atoms with Gasteiger partial charge in [-0.05, 0) is 26.0 Å². The van der Waals surface area contributed by atoms with E-state index in [9.17, 15) is 0 Å². The summed E-state index contributed by atoms with van der Waals surface area (Å²) >= 11 is 0. The fraction of sp³-hybridized carbons (Fsp3) is 0.500. The first-order valence-electron chi connectivity index (χ1n) is 6.24. The predicted octanol–water partition coefficient (Wildman–Crippen LogP) is 1.75. The van der Waals surface area contributed by atoms with Crippen LogP contribution in [0.25, 0.3) is 0 Å². The lowest BCUT2D eigenvalue weighted by atomic mass is 10.1. The van der Waals surface area contributed by atoms with Crippen molar-refractivity contribution in [3.05, 3.63) is 23.8 Å². The lowest BCUT2D eigenvalue weighted by Gasteiger charge is -2.39. The highest BCUT2D eigenvalue weighted by atomic mass is 16.5. The standard InChI is InChI=1S/C14H19N3O/c1-10-9-17(11(2)8-16-10)13-5-4-12(7-15)14(6-13)18-3/h4-6,10-11,16H,8-9H2,1-3H3. The van der Waals surface area contributed by atoms with Crippen LogP contribution < -0.4 is 15.0 Å². The van der Waals surface area contributed by atoms with Crippen molar-refractivity contribution in [2.45, 2.75) is 25.9 Å². The molecule has 0 radical (unpaired) electrons. The van der Waals surface area contributed by atoms with E-state index >= 15 is 0 Å². The van der Waals surface area contributed by atoms with Gasteiger partial charge in [0.05, 0.1) is 12.7 Å². The molecular weight excluding hydrogens is 226 g/mol. The Morgan fingerprint density at radius 1 is 1.44 bits per heavy atom. The van der Waals surface area contributed by atoms with Crippen LogP contribution in [0.15, 0.2) is 18.2 Å². The van der Waals surface area contributed by atoms with E-state index in [1.807, 2.05) is 18.2 Å².